The third kappa shape index (κ3) is 4.18. The topological polar surface area (TPSA) is 17.8 Å². The summed E-state index contributed by atoms with van der Waals surface area (Å²) in [5, 5.41) is 5.42. The third-order valence-corrected chi connectivity index (χ3v) is 4.70. The predicted molar refractivity (Wildman–Crippen MR) is 86.8 cm³/mol. The average Bonchev–Trinajstić information content (AvgIpc) is 2.69. The predicted octanol–water partition coefficient (Wildman–Crippen LogP) is 4.29. The summed E-state index contributed by atoms with van der Waals surface area (Å²) < 4.78 is 3.13. The number of nitrogens with zero attached hydrogens (tertiary/aromatic N) is 2. The molecule has 0 saturated heterocycles. The monoisotopic (exact) mass is 384 g/mol. The molecule has 0 aliphatic rings. The van der Waals surface area contributed by atoms with E-state index in [2.05, 4.69) is 67.3 Å². The summed E-state index contributed by atoms with van der Waals surface area (Å²) in [6.07, 6.45) is 2.14. The maximum Gasteiger partial charge on any atom is 0.0596 e. The summed E-state index contributed by atoms with van der Waals surface area (Å²) in [5.41, 5.74) is 3.78. The van der Waals surface area contributed by atoms with Crippen LogP contribution in [0, 0.1) is 12.8 Å². The first-order valence-electron chi connectivity index (χ1n) is 6.38. The summed E-state index contributed by atoms with van der Waals surface area (Å²) in [7, 11) is 2.02. The van der Waals surface area contributed by atoms with E-state index in [-0.39, 0.29) is 0 Å². The molecule has 2 aromatic rings. The molecule has 4 heteroatoms. The fourth-order valence-electron chi connectivity index (χ4n) is 2.29. The van der Waals surface area contributed by atoms with E-state index in [9.17, 15) is 0 Å². The lowest BCUT2D eigenvalue weighted by Gasteiger charge is -2.14. The van der Waals surface area contributed by atoms with Gasteiger partial charge in [-0.1, -0.05) is 44.0 Å². The molecule has 0 N–H and O–H groups in total. The van der Waals surface area contributed by atoms with E-state index in [1.807, 2.05) is 18.7 Å². The van der Waals surface area contributed by atoms with Crippen LogP contribution in [0.15, 0.2) is 34.8 Å². The molecular formula is C15H18Br2N2. The van der Waals surface area contributed by atoms with Crippen LogP contribution in [0.5, 0.6) is 0 Å². The Morgan fingerprint density at radius 1 is 1.21 bits per heavy atom. The average molecular weight is 386 g/mol. The van der Waals surface area contributed by atoms with Crippen LogP contribution in [0.25, 0.3) is 0 Å². The second-order valence-electron chi connectivity index (χ2n) is 4.96. The minimum atomic E-state index is 0.593. The van der Waals surface area contributed by atoms with E-state index < -0.39 is 0 Å². The lowest BCUT2D eigenvalue weighted by atomic mass is 9.96. The van der Waals surface area contributed by atoms with Crippen molar-refractivity contribution in [2.45, 2.75) is 19.8 Å². The summed E-state index contributed by atoms with van der Waals surface area (Å²) in [5.74, 6) is 0.593. The fraction of sp³-hybridized carbons (Fsp3) is 0.400. The molecule has 0 saturated carbocycles. The van der Waals surface area contributed by atoms with Gasteiger partial charge in [0.05, 0.1) is 5.69 Å². The van der Waals surface area contributed by atoms with Crippen molar-refractivity contribution in [1.82, 2.24) is 9.78 Å². The maximum absolute atomic E-state index is 4.41. The first-order chi connectivity index (χ1) is 9.08. The van der Waals surface area contributed by atoms with Gasteiger partial charge in [-0.05, 0) is 49.4 Å². The number of alkyl halides is 1. The minimum absolute atomic E-state index is 0.593. The number of halogens is 2. The molecule has 0 fully saturated rings. The van der Waals surface area contributed by atoms with Crippen molar-refractivity contribution in [2.24, 2.45) is 13.0 Å². The first kappa shape index (κ1) is 14.8. The molecule has 2 nitrogen and oxygen atoms in total. The van der Waals surface area contributed by atoms with E-state index in [0.29, 0.717) is 5.92 Å². The van der Waals surface area contributed by atoms with E-state index in [1.54, 1.807) is 0 Å². The molecule has 102 valence electrons. The molecule has 1 aromatic heterocycles. The molecule has 1 atom stereocenters. The summed E-state index contributed by atoms with van der Waals surface area (Å²) >= 11 is 7.11. The van der Waals surface area contributed by atoms with Crippen molar-refractivity contribution in [2.75, 3.05) is 5.33 Å². The standard InChI is InChI=1S/C15H18Br2N2/c1-11-7-15(19(2)18-11)9-13(10-16)8-12-3-5-14(17)6-4-12/h3-7,13H,8-10H2,1-2H3. The number of rotatable bonds is 5. The molecule has 0 radical (unpaired) electrons. The van der Waals surface area contributed by atoms with E-state index in [4.69, 9.17) is 0 Å². The highest BCUT2D eigenvalue weighted by Crippen LogP contribution is 2.19. The van der Waals surface area contributed by atoms with Crippen LogP contribution in [0.3, 0.4) is 0 Å². The van der Waals surface area contributed by atoms with Gasteiger partial charge in [-0.25, -0.2) is 0 Å². The van der Waals surface area contributed by atoms with Gasteiger partial charge in [-0.2, -0.15) is 5.10 Å². The van der Waals surface area contributed by atoms with Gasteiger partial charge in [-0.3, -0.25) is 4.68 Å². The Labute approximate surface area is 131 Å². The molecule has 0 aliphatic heterocycles. The van der Waals surface area contributed by atoms with Crippen LogP contribution < -0.4 is 0 Å². The Morgan fingerprint density at radius 3 is 2.42 bits per heavy atom. The van der Waals surface area contributed by atoms with Crippen molar-refractivity contribution >= 4 is 31.9 Å². The highest BCUT2D eigenvalue weighted by molar-refractivity contribution is 9.10. The molecule has 1 unspecified atom stereocenters. The van der Waals surface area contributed by atoms with Gasteiger partial charge in [0.25, 0.3) is 0 Å². The lowest BCUT2D eigenvalue weighted by molar-refractivity contribution is 0.557. The number of aromatic nitrogens is 2. The van der Waals surface area contributed by atoms with Crippen molar-refractivity contribution in [1.29, 1.82) is 0 Å². The van der Waals surface area contributed by atoms with Crippen molar-refractivity contribution < 1.29 is 0 Å². The Morgan fingerprint density at radius 2 is 1.89 bits per heavy atom. The Bertz CT molecular complexity index is 532. The number of benzene rings is 1. The van der Waals surface area contributed by atoms with Crippen LogP contribution in [0.1, 0.15) is 17.0 Å². The van der Waals surface area contributed by atoms with Gasteiger partial charge in [0.15, 0.2) is 0 Å². The van der Waals surface area contributed by atoms with Gasteiger partial charge in [0, 0.05) is 22.5 Å². The molecule has 1 heterocycles. The van der Waals surface area contributed by atoms with Gasteiger partial charge >= 0.3 is 0 Å². The maximum atomic E-state index is 4.41. The Balaban J connectivity index is 2.04. The summed E-state index contributed by atoms with van der Waals surface area (Å²) in [6.45, 7) is 2.04. The summed E-state index contributed by atoms with van der Waals surface area (Å²) in [6, 6.07) is 10.8. The molecule has 19 heavy (non-hydrogen) atoms. The zero-order valence-corrected chi connectivity index (χ0v) is 14.4. The highest BCUT2D eigenvalue weighted by Gasteiger charge is 2.12. The molecular weight excluding hydrogens is 368 g/mol. The largest absolute Gasteiger partial charge is 0.272 e. The van der Waals surface area contributed by atoms with Crippen LogP contribution in [-0.4, -0.2) is 15.1 Å². The van der Waals surface area contributed by atoms with Crippen LogP contribution in [0.2, 0.25) is 0 Å². The second-order valence-corrected chi connectivity index (χ2v) is 6.52. The SMILES string of the molecule is Cc1cc(CC(CBr)Cc2ccc(Br)cc2)n(C)n1. The molecule has 0 spiro atoms. The van der Waals surface area contributed by atoms with Crippen LogP contribution >= 0.6 is 31.9 Å². The summed E-state index contributed by atoms with van der Waals surface area (Å²) in [4.78, 5) is 0. The van der Waals surface area contributed by atoms with E-state index >= 15 is 0 Å². The first-order valence-corrected chi connectivity index (χ1v) is 8.30. The number of aryl methyl sites for hydroxylation is 2. The molecule has 0 aliphatic carbocycles. The van der Waals surface area contributed by atoms with Gasteiger partial charge in [0.1, 0.15) is 0 Å². The zero-order valence-electron chi connectivity index (χ0n) is 11.2. The van der Waals surface area contributed by atoms with Crippen molar-refractivity contribution in [3.05, 3.63) is 51.8 Å². The zero-order chi connectivity index (χ0) is 13.8. The second kappa shape index (κ2) is 6.71. The van der Waals surface area contributed by atoms with Gasteiger partial charge in [-0.15, -0.1) is 0 Å². The van der Waals surface area contributed by atoms with Crippen LogP contribution in [0.4, 0.5) is 0 Å². The molecule has 0 bridgehead atoms. The number of hydrogen-bond donors (Lipinski definition) is 0. The lowest BCUT2D eigenvalue weighted by Crippen LogP contribution is -2.12. The minimum Gasteiger partial charge on any atom is -0.272 e. The molecule has 0 amide bonds. The normalized spacial score (nSPS) is 12.6. The number of hydrogen-bond acceptors (Lipinski definition) is 1. The van der Waals surface area contributed by atoms with Crippen LogP contribution in [-0.2, 0) is 19.9 Å². The molecule has 1 aromatic carbocycles. The smallest absolute Gasteiger partial charge is 0.0596 e. The highest BCUT2D eigenvalue weighted by atomic mass is 79.9. The quantitative estimate of drug-likeness (QED) is 0.702. The van der Waals surface area contributed by atoms with Gasteiger partial charge in [0.2, 0.25) is 0 Å². The fourth-order valence-corrected chi connectivity index (χ4v) is 3.01. The third-order valence-electron chi connectivity index (χ3n) is 3.25. The van der Waals surface area contributed by atoms with E-state index in [1.165, 1.54) is 11.3 Å². The van der Waals surface area contributed by atoms with Gasteiger partial charge < -0.3 is 0 Å². The Kier molecular flexibility index (Phi) is 5.22. The van der Waals surface area contributed by atoms with Crippen molar-refractivity contribution in [3.8, 4) is 0 Å². The van der Waals surface area contributed by atoms with Crippen molar-refractivity contribution in [3.63, 3.8) is 0 Å². The Hall–Kier alpha value is -0.610. The van der Waals surface area contributed by atoms with E-state index in [0.717, 1.165) is 28.3 Å². The molecule has 2 rings (SSSR count).